The van der Waals surface area contributed by atoms with Crippen molar-refractivity contribution in [2.24, 2.45) is 0 Å². The van der Waals surface area contributed by atoms with E-state index in [0.717, 1.165) is 17.1 Å². The third-order valence-corrected chi connectivity index (χ3v) is 5.19. The van der Waals surface area contributed by atoms with Gasteiger partial charge in [0.15, 0.2) is 0 Å². The number of aromatic nitrogens is 1. The van der Waals surface area contributed by atoms with Crippen LogP contribution in [0.2, 0.25) is 0 Å². The molecule has 1 aromatic carbocycles. The minimum absolute atomic E-state index is 0.0686. The number of rotatable bonds is 6. The Morgan fingerprint density at radius 1 is 1.45 bits per heavy atom. The number of hydrogen-bond donors (Lipinski definition) is 1. The Balaban J connectivity index is 2.20. The predicted molar refractivity (Wildman–Crippen MR) is 78.8 cm³/mol. The lowest BCUT2D eigenvalue weighted by molar-refractivity contribution is -0.385. The first-order chi connectivity index (χ1) is 10.3. The highest BCUT2D eigenvalue weighted by atomic mass is 32.2. The summed E-state index contributed by atoms with van der Waals surface area (Å²) >= 11 is 1.38. The number of nitro benzene ring substituents is 1. The SMILES string of the molecule is Cc1c(F)cc(S(=O)(=O)NCCc2nccs2)cc1[N+](=O)[O-]. The molecule has 1 heterocycles. The topological polar surface area (TPSA) is 102 Å². The first kappa shape index (κ1) is 16.5. The van der Waals surface area contributed by atoms with Gasteiger partial charge in [-0.2, -0.15) is 0 Å². The molecular formula is C12H12FN3O4S2. The van der Waals surface area contributed by atoms with E-state index in [0.29, 0.717) is 6.42 Å². The second kappa shape index (κ2) is 6.46. The molecule has 0 amide bonds. The van der Waals surface area contributed by atoms with Gasteiger partial charge in [-0.05, 0) is 13.0 Å². The fraction of sp³-hybridized carbons (Fsp3) is 0.250. The van der Waals surface area contributed by atoms with Crippen LogP contribution in [0.4, 0.5) is 10.1 Å². The molecule has 2 rings (SSSR count). The number of sulfonamides is 1. The average Bonchev–Trinajstić information content (AvgIpc) is 2.94. The van der Waals surface area contributed by atoms with Crippen molar-refractivity contribution in [2.75, 3.05) is 6.54 Å². The molecule has 0 aliphatic heterocycles. The Labute approximate surface area is 130 Å². The molecule has 2 aromatic rings. The summed E-state index contributed by atoms with van der Waals surface area (Å²) in [5.41, 5.74) is -0.771. The maximum absolute atomic E-state index is 13.7. The Morgan fingerprint density at radius 3 is 2.77 bits per heavy atom. The number of halogens is 1. The Bertz CT molecular complexity index is 791. The lowest BCUT2D eigenvalue weighted by atomic mass is 10.2. The van der Waals surface area contributed by atoms with Gasteiger partial charge in [0, 0.05) is 30.6 Å². The summed E-state index contributed by atoms with van der Waals surface area (Å²) in [6.45, 7) is 1.29. The maximum atomic E-state index is 13.7. The Kier molecular flexibility index (Phi) is 4.84. The Morgan fingerprint density at radius 2 is 2.18 bits per heavy atom. The fourth-order valence-corrected chi connectivity index (χ4v) is 3.42. The lowest BCUT2D eigenvalue weighted by Gasteiger charge is -2.07. The van der Waals surface area contributed by atoms with E-state index >= 15 is 0 Å². The summed E-state index contributed by atoms with van der Waals surface area (Å²) in [4.78, 5) is 13.6. The monoisotopic (exact) mass is 345 g/mol. The molecule has 0 aliphatic rings. The smallest absolute Gasteiger partial charge is 0.258 e. The number of thiazole rings is 1. The predicted octanol–water partition coefficient (Wildman–Crippen LogP) is 2.02. The van der Waals surface area contributed by atoms with Crippen molar-refractivity contribution in [3.63, 3.8) is 0 Å². The molecular weight excluding hydrogens is 333 g/mol. The largest absolute Gasteiger partial charge is 0.276 e. The highest BCUT2D eigenvalue weighted by Crippen LogP contribution is 2.25. The summed E-state index contributed by atoms with van der Waals surface area (Å²) in [5.74, 6) is -0.936. The number of benzene rings is 1. The van der Waals surface area contributed by atoms with Gasteiger partial charge in [-0.3, -0.25) is 10.1 Å². The molecule has 0 unspecified atom stereocenters. The normalized spacial score (nSPS) is 11.5. The third kappa shape index (κ3) is 3.64. The minimum atomic E-state index is -4.03. The van der Waals surface area contributed by atoms with Crippen LogP contribution in [0.1, 0.15) is 10.6 Å². The van der Waals surface area contributed by atoms with Crippen LogP contribution in [0.5, 0.6) is 0 Å². The van der Waals surface area contributed by atoms with Crippen molar-refractivity contribution in [1.29, 1.82) is 0 Å². The van der Waals surface area contributed by atoms with Gasteiger partial charge < -0.3 is 0 Å². The Hall–Kier alpha value is -1.91. The van der Waals surface area contributed by atoms with E-state index < -0.39 is 31.3 Å². The molecule has 0 radical (unpaired) electrons. The van der Waals surface area contributed by atoms with Gasteiger partial charge in [0.05, 0.1) is 20.4 Å². The molecule has 0 spiro atoms. The van der Waals surface area contributed by atoms with Gasteiger partial charge in [0.2, 0.25) is 10.0 Å². The molecule has 10 heteroatoms. The zero-order chi connectivity index (χ0) is 16.3. The molecule has 118 valence electrons. The summed E-state index contributed by atoms with van der Waals surface area (Å²) in [6, 6.07) is 1.62. The number of nitrogens with one attached hydrogen (secondary N) is 1. The molecule has 0 bridgehead atoms. The molecule has 0 saturated heterocycles. The van der Waals surface area contributed by atoms with Gasteiger partial charge in [-0.15, -0.1) is 11.3 Å². The highest BCUT2D eigenvalue weighted by Gasteiger charge is 2.22. The quantitative estimate of drug-likeness (QED) is 0.637. The van der Waals surface area contributed by atoms with Crippen LogP contribution in [-0.4, -0.2) is 24.9 Å². The van der Waals surface area contributed by atoms with Crippen LogP contribution < -0.4 is 4.72 Å². The second-order valence-corrected chi connectivity index (χ2v) is 7.13. The molecule has 0 atom stereocenters. The first-order valence-electron chi connectivity index (χ1n) is 6.14. The van der Waals surface area contributed by atoms with Crippen molar-refractivity contribution < 1.29 is 17.7 Å². The highest BCUT2D eigenvalue weighted by molar-refractivity contribution is 7.89. The van der Waals surface area contributed by atoms with Crippen LogP contribution in [-0.2, 0) is 16.4 Å². The van der Waals surface area contributed by atoms with E-state index in [1.54, 1.807) is 11.6 Å². The van der Waals surface area contributed by atoms with Crippen molar-refractivity contribution in [1.82, 2.24) is 9.71 Å². The third-order valence-electron chi connectivity index (χ3n) is 2.91. The van der Waals surface area contributed by atoms with E-state index in [-0.39, 0.29) is 12.1 Å². The number of nitro groups is 1. The van der Waals surface area contributed by atoms with E-state index in [1.807, 2.05) is 0 Å². The van der Waals surface area contributed by atoms with Crippen molar-refractivity contribution in [3.8, 4) is 0 Å². The first-order valence-corrected chi connectivity index (χ1v) is 8.50. The standard InChI is InChI=1S/C12H12FN3O4S2/c1-8-10(13)6-9(7-11(8)16(17)18)22(19,20)15-3-2-12-14-4-5-21-12/h4-7,15H,2-3H2,1H3. The van der Waals surface area contributed by atoms with Crippen molar-refractivity contribution >= 4 is 27.0 Å². The second-order valence-electron chi connectivity index (χ2n) is 4.38. The molecule has 0 saturated carbocycles. The van der Waals surface area contributed by atoms with Gasteiger partial charge in [-0.1, -0.05) is 0 Å². The summed E-state index contributed by atoms with van der Waals surface area (Å²) in [6.07, 6.45) is 1.99. The minimum Gasteiger partial charge on any atom is -0.258 e. The van der Waals surface area contributed by atoms with Crippen molar-refractivity contribution in [3.05, 3.63) is 50.2 Å². The van der Waals surface area contributed by atoms with Crippen LogP contribution in [0.25, 0.3) is 0 Å². The van der Waals surface area contributed by atoms with Crippen LogP contribution in [0.15, 0.2) is 28.6 Å². The summed E-state index contributed by atoms with van der Waals surface area (Å²) in [7, 11) is -4.03. The van der Waals surface area contributed by atoms with Gasteiger partial charge in [0.25, 0.3) is 5.69 Å². The number of hydrogen-bond acceptors (Lipinski definition) is 6. The zero-order valence-corrected chi connectivity index (χ0v) is 13.1. The number of nitrogens with zero attached hydrogens (tertiary/aromatic N) is 2. The average molecular weight is 345 g/mol. The lowest BCUT2D eigenvalue weighted by Crippen LogP contribution is -2.26. The summed E-state index contributed by atoms with van der Waals surface area (Å²) in [5, 5.41) is 13.4. The van der Waals surface area contributed by atoms with Crippen molar-refractivity contribution in [2.45, 2.75) is 18.2 Å². The molecule has 22 heavy (non-hydrogen) atoms. The van der Waals surface area contributed by atoms with E-state index in [2.05, 4.69) is 9.71 Å². The van der Waals surface area contributed by atoms with Gasteiger partial charge in [0.1, 0.15) is 5.82 Å². The van der Waals surface area contributed by atoms with Crippen LogP contribution in [0, 0.1) is 22.9 Å². The van der Waals surface area contributed by atoms with Crippen LogP contribution in [0.3, 0.4) is 0 Å². The fourth-order valence-electron chi connectivity index (χ4n) is 1.74. The van der Waals surface area contributed by atoms with Crippen LogP contribution >= 0.6 is 11.3 Å². The van der Waals surface area contributed by atoms with Gasteiger partial charge in [-0.25, -0.2) is 22.5 Å². The maximum Gasteiger partial charge on any atom is 0.276 e. The van der Waals surface area contributed by atoms with E-state index in [9.17, 15) is 22.9 Å². The molecule has 1 aromatic heterocycles. The zero-order valence-electron chi connectivity index (χ0n) is 11.4. The summed E-state index contributed by atoms with van der Waals surface area (Å²) < 4.78 is 40.1. The molecule has 0 fully saturated rings. The van der Waals surface area contributed by atoms with Gasteiger partial charge >= 0.3 is 0 Å². The van der Waals surface area contributed by atoms with E-state index in [1.165, 1.54) is 18.3 Å². The molecule has 7 nitrogen and oxygen atoms in total. The molecule has 1 N–H and O–H groups in total. The van der Waals surface area contributed by atoms with E-state index in [4.69, 9.17) is 0 Å². The molecule has 0 aliphatic carbocycles.